The molecule has 1 unspecified atom stereocenters. The quantitative estimate of drug-likeness (QED) is 0.744. The third-order valence-corrected chi connectivity index (χ3v) is 3.27. The molecule has 2 rings (SSSR count). The Bertz CT molecular complexity index is 209. The number of hydrogen-bond acceptors (Lipinski definition) is 3. The molecule has 0 saturated heterocycles. The molecule has 1 aliphatic heterocycles. The van der Waals surface area contributed by atoms with Crippen LogP contribution in [-0.2, 0) is 4.74 Å². The predicted octanol–water partition coefficient (Wildman–Crippen LogP) is 1.71. The van der Waals surface area contributed by atoms with E-state index < -0.39 is 0 Å². The van der Waals surface area contributed by atoms with Gasteiger partial charge in [-0.15, -0.1) is 0 Å². The highest BCUT2D eigenvalue weighted by Gasteiger charge is 2.29. The fourth-order valence-corrected chi connectivity index (χ4v) is 2.41. The summed E-state index contributed by atoms with van der Waals surface area (Å²) in [7, 11) is 0. The molecule has 2 aliphatic rings. The van der Waals surface area contributed by atoms with E-state index in [1.807, 2.05) is 0 Å². The molecule has 3 nitrogen and oxygen atoms in total. The van der Waals surface area contributed by atoms with Gasteiger partial charge in [0.2, 0.25) is 0 Å². The number of aliphatic imine (C=N–C) groups is 1. The Morgan fingerprint density at radius 2 is 2.14 bits per heavy atom. The molecule has 1 atom stereocenters. The molecule has 0 spiro atoms. The molecule has 2 N–H and O–H groups in total. The predicted molar refractivity (Wildman–Crippen MR) is 57.4 cm³/mol. The molecule has 0 radical (unpaired) electrons. The van der Waals surface area contributed by atoms with E-state index in [0.717, 1.165) is 37.8 Å². The third kappa shape index (κ3) is 2.27. The average Bonchev–Trinajstić information content (AvgIpc) is 2.85. The van der Waals surface area contributed by atoms with Crippen LogP contribution >= 0.6 is 0 Å². The summed E-state index contributed by atoms with van der Waals surface area (Å²) in [5.41, 5.74) is 5.45. The van der Waals surface area contributed by atoms with E-state index in [1.54, 1.807) is 0 Å². The van der Waals surface area contributed by atoms with Crippen molar-refractivity contribution >= 4 is 5.90 Å². The zero-order valence-electron chi connectivity index (χ0n) is 8.74. The monoisotopic (exact) mass is 196 g/mol. The van der Waals surface area contributed by atoms with Crippen LogP contribution in [-0.4, -0.2) is 25.1 Å². The molecule has 0 aromatic heterocycles. The Kier molecular flexibility index (Phi) is 3.40. The standard InChI is InChI=1S/C11H20N2O/c12-7-3-6-11-13-10(8-14-11)9-4-1-2-5-9/h9-10H,1-8,12H2. The van der Waals surface area contributed by atoms with Crippen LogP contribution in [0.5, 0.6) is 0 Å². The van der Waals surface area contributed by atoms with Crippen LogP contribution in [0.4, 0.5) is 0 Å². The molecule has 1 fully saturated rings. The van der Waals surface area contributed by atoms with Gasteiger partial charge in [0.25, 0.3) is 0 Å². The first-order valence-corrected chi connectivity index (χ1v) is 5.79. The molecule has 1 saturated carbocycles. The summed E-state index contributed by atoms with van der Waals surface area (Å²) in [5.74, 6) is 1.75. The summed E-state index contributed by atoms with van der Waals surface area (Å²) < 4.78 is 5.57. The van der Waals surface area contributed by atoms with Crippen LogP contribution in [0.1, 0.15) is 38.5 Å². The van der Waals surface area contributed by atoms with Crippen molar-refractivity contribution in [2.75, 3.05) is 13.2 Å². The van der Waals surface area contributed by atoms with Crippen molar-refractivity contribution in [1.82, 2.24) is 0 Å². The van der Waals surface area contributed by atoms with Gasteiger partial charge in [-0.2, -0.15) is 0 Å². The maximum absolute atomic E-state index is 5.57. The highest BCUT2D eigenvalue weighted by atomic mass is 16.5. The van der Waals surface area contributed by atoms with Crippen molar-refractivity contribution in [1.29, 1.82) is 0 Å². The molecular formula is C11H20N2O. The van der Waals surface area contributed by atoms with Gasteiger partial charge >= 0.3 is 0 Å². The summed E-state index contributed by atoms with van der Waals surface area (Å²) >= 11 is 0. The Morgan fingerprint density at radius 1 is 1.36 bits per heavy atom. The zero-order chi connectivity index (χ0) is 9.80. The van der Waals surface area contributed by atoms with E-state index in [-0.39, 0.29) is 0 Å². The minimum absolute atomic E-state index is 0.463. The van der Waals surface area contributed by atoms with Gasteiger partial charge in [-0.1, -0.05) is 12.8 Å². The molecular weight excluding hydrogens is 176 g/mol. The van der Waals surface area contributed by atoms with E-state index in [2.05, 4.69) is 4.99 Å². The lowest BCUT2D eigenvalue weighted by Gasteiger charge is -2.11. The summed E-state index contributed by atoms with van der Waals surface area (Å²) in [6, 6.07) is 0.463. The molecule has 80 valence electrons. The van der Waals surface area contributed by atoms with Crippen molar-refractivity contribution in [3.05, 3.63) is 0 Å². The van der Waals surface area contributed by atoms with E-state index in [0.29, 0.717) is 6.04 Å². The fraction of sp³-hybridized carbons (Fsp3) is 0.909. The van der Waals surface area contributed by atoms with Crippen molar-refractivity contribution < 1.29 is 4.74 Å². The van der Waals surface area contributed by atoms with Crippen LogP contribution in [0.2, 0.25) is 0 Å². The van der Waals surface area contributed by atoms with Crippen LogP contribution < -0.4 is 5.73 Å². The normalized spacial score (nSPS) is 27.8. The second-order valence-electron chi connectivity index (χ2n) is 4.34. The largest absolute Gasteiger partial charge is 0.479 e. The maximum Gasteiger partial charge on any atom is 0.183 e. The first-order chi connectivity index (χ1) is 6.90. The van der Waals surface area contributed by atoms with Gasteiger partial charge in [0, 0.05) is 6.42 Å². The van der Waals surface area contributed by atoms with Gasteiger partial charge in [0.1, 0.15) is 6.61 Å². The first-order valence-electron chi connectivity index (χ1n) is 5.79. The number of nitrogens with zero attached hydrogens (tertiary/aromatic N) is 1. The van der Waals surface area contributed by atoms with Crippen LogP contribution in [0, 0.1) is 5.92 Å². The number of hydrogen-bond donors (Lipinski definition) is 1. The molecule has 0 amide bonds. The van der Waals surface area contributed by atoms with Crippen molar-refractivity contribution in [3.63, 3.8) is 0 Å². The Morgan fingerprint density at radius 3 is 2.86 bits per heavy atom. The van der Waals surface area contributed by atoms with Crippen LogP contribution in [0.25, 0.3) is 0 Å². The van der Waals surface area contributed by atoms with Gasteiger partial charge in [-0.3, -0.25) is 0 Å². The van der Waals surface area contributed by atoms with Crippen molar-refractivity contribution in [2.24, 2.45) is 16.6 Å². The summed E-state index contributed by atoms with van der Waals surface area (Å²) in [4.78, 5) is 4.65. The van der Waals surface area contributed by atoms with E-state index in [9.17, 15) is 0 Å². The van der Waals surface area contributed by atoms with Crippen LogP contribution in [0.3, 0.4) is 0 Å². The lowest BCUT2D eigenvalue weighted by atomic mass is 10.00. The van der Waals surface area contributed by atoms with Crippen molar-refractivity contribution in [2.45, 2.75) is 44.6 Å². The molecule has 0 bridgehead atoms. The topological polar surface area (TPSA) is 47.6 Å². The first kappa shape index (κ1) is 9.97. The molecule has 3 heteroatoms. The second-order valence-corrected chi connectivity index (χ2v) is 4.34. The number of ether oxygens (including phenoxy) is 1. The van der Waals surface area contributed by atoms with Gasteiger partial charge < -0.3 is 10.5 Å². The Labute approximate surface area is 85.7 Å². The lowest BCUT2D eigenvalue weighted by Crippen LogP contribution is -2.16. The Hall–Kier alpha value is -0.570. The minimum atomic E-state index is 0.463. The van der Waals surface area contributed by atoms with E-state index in [4.69, 9.17) is 10.5 Å². The SMILES string of the molecule is NCCCC1=NC(C2CCCC2)CO1. The molecule has 14 heavy (non-hydrogen) atoms. The van der Waals surface area contributed by atoms with Gasteiger partial charge in [-0.05, 0) is 31.7 Å². The minimum Gasteiger partial charge on any atom is -0.479 e. The Balaban J connectivity index is 1.81. The maximum atomic E-state index is 5.57. The molecule has 1 heterocycles. The smallest absolute Gasteiger partial charge is 0.183 e. The van der Waals surface area contributed by atoms with Crippen molar-refractivity contribution in [3.8, 4) is 0 Å². The lowest BCUT2D eigenvalue weighted by molar-refractivity contribution is 0.274. The van der Waals surface area contributed by atoms with Gasteiger partial charge in [0.15, 0.2) is 5.90 Å². The summed E-state index contributed by atoms with van der Waals surface area (Å²) in [6.07, 6.45) is 7.39. The fourth-order valence-electron chi connectivity index (χ4n) is 2.41. The highest BCUT2D eigenvalue weighted by Crippen LogP contribution is 2.31. The van der Waals surface area contributed by atoms with Gasteiger partial charge in [-0.25, -0.2) is 4.99 Å². The highest BCUT2D eigenvalue weighted by molar-refractivity contribution is 5.77. The third-order valence-electron chi connectivity index (χ3n) is 3.27. The van der Waals surface area contributed by atoms with Gasteiger partial charge in [0.05, 0.1) is 6.04 Å². The second kappa shape index (κ2) is 4.78. The number of rotatable bonds is 4. The van der Waals surface area contributed by atoms with E-state index >= 15 is 0 Å². The van der Waals surface area contributed by atoms with Crippen LogP contribution in [0.15, 0.2) is 4.99 Å². The zero-order valence-corrected chi connectivity index (χ0v) is 8.74. The summed E-state index contributed by atoms with van der Waals surface area (Å²) in [5, 5.41) is 0. The number of nitrogens with two attached hydrogens (primary N) is 1. The molecule has 0 aromatic rings. The summed E-state index contributed by atoms with van der Waals surface area (Å²) in [6.45, 7) is 1.56. The van der Waals surface area contributed by atoms with E-state index in [1.165, 1.54) is 25.7 Å². The molecule has 1 aliphatic carbocycles. The molecule has 0 aromatic carbocycles. The average molecular weight is 196 g/mol.